The molecule has 5 aliphatic carbocycles. The third kappa shape index (κ3) is 12.8. The Kier molecular flexibility index (Phi) is 19.4. The molecular formula is C118H94N2O2Si2. The number of fused-ring (bicyclic) bond motifs is 6. The average Bonchev–Trinajstić information content (AvgIpc) is 1.01. The number of nitrogens with zero attached hydrogens (tertiary/aromatic N) is 2. The van der Waals surface area contributed by atoms with Crippen LogP contribution in [0.25, 0.3) is 89.7 Å². The number of allylic oxidation sites excluding steroid dienone is 11. The van der Waals surface area contributed by atoms with Gasteiger partial charge in [-0.3, -0.25) is 0 Å². The number of benzene rings is 15. The van der Waals surface area contributed by atoms with Crippen molar-refractivity contribution in [2.45, 2.75) is 65.2 Å². The standard InChI is InChI=1S/C118H94N2O2Si2/c1-79(2)107-77-109(85-53-65-89(66-54-85)119(111-45-27-43-105-99-41-23-25-47-113(99)121-117(105)111)87-61-49-81(50-62-87)83-57-69-97(70-58-83)123(91-29-11-5-12-30-91,92-31-13-6-14-32-92)93-33-15-7-16-34-93)103-76-74-102-108(80(3)4)78-110(104-75-73-101(107)115(103)116(102)104)86-55-67-90(68-56-86)120(112-46-28-44-106-100-42-24-26-48-114(100)122-118(106)112)88-63-51-82(52-64-88)84-59-71-98(72-60-84)124(94-35-17-8-18-36-94,95-37-19-9-20-38-95)96-39-21-10-22-40-96/h5-21,23-26,28-39,41-42,44-80,102,116H,22,27,40,43H2,1-4H3. The quantitative estimate of drug-likeness (QED) is 0.0562. The molecule has 596 valence electrons. The number of para-hydroxylation sites is 3. The summed E-state index contributed by atoms with van der Waals surface area (Å²) in [6.07, 6.45) is 25.8. The molecular weight excluding hydrogens is 1530 g/mol. The van der Waals surface area contributed by atoms with Gasteiger partial charge in [-0.25, -0.2) is 0 Å². The van der Waals surface area contributed by atoms with Crippen molar-refractivity contribution >= 4 is 137 Å². The lowest BCUT2D eigenvalue weighted by molar-refractivity contribution is 0.559. The van der Waals surface area contributed by atoms with E-state index in [1.165, 1.54) is 114 Å². The molecule has 4 nitrogen and oxygen atoms in total. The van der Waals surface area contributed by atoms with Crippen LogP contribution in [0, 0.1) is 11.8 Å². The molecule has 0 N–H and O–H groups in total. The van der Waals surface area contributed by atoms with Crippen molar-refractivity contribution in [1.29, 1.82) is 0 Å². The van der Waals surface area contributed by atoms with Crippen LogP contribution in [0.5, 0.6) is 0 Å². The van der Waals surface area contributed by atoms with E-state index >= 15 is 0 Å². The lowest BCUT2D eigenvalue weighted by Crippen LogP contribution is -2.74. The van der Waals surface area contributed by atoms with E-state index < -0.39 is 16.1 Å². The van der Waals surface area contributed by atoms with E-state index in [4.69, 9.17) is 8.83 Å². The van der Waals surface area contributed by atoms with Crippen molar-refractivity contribution in [1.82, 2.24) is 0 Å². The summed E-state index contributed by atoms with van der Waals surface area (Å²) in [7, 11) is -5.33. The van der Waals surface area contributed by atoms with E-state index in [1.54, 1.807) is 5.20 Å². The summed E-state index contributed by atoms with van der Waals surface area (Å²) < 4.78 is 13.9. The van der Waals surface area contributed by atoms with Crippen molar-refractivity contribution in [2.75, 3.05) is 9.80 Å². The molecule has 2 aromatic heterocycles. The fraction of sp³-hybridized carbons (Fsp3) is 0.102. The van der Waals surface area contributed by atoms with Crippen LogP contribution in [0.4, 0.5) is 28.4 Å². The lowest BCUT2D eigenvalue weighted by Gasteiger charge is -2.42. The zero-order valence-electron chi connectivity index (χ0n) is 70.3. The molecule has 124 heavy (non-hydrogen) atoms. The van der Waals surface area contributed by atoms with E-state index in [2.05, 4.69) is 462 Å². The van der Waals surface area contributed by atoms with Crippen LogP contribution in [-0.4, -0.2) is 16.1 Å². The van der Waals surface area contributed by atoms with Crippen molar-refractivity contribution in [3.8, 4) is 33.4 Å². The van der Waals surface area contributed by atoms with Crippen molar-refractivity contribution in [3.05, 3.63) is 468 Å². The van der Waals surface area contributed by atoms with Crippen molar-refractivity contribution in [3.63, 3.8) is 0 Å². The highest BCUT2D eigenvalue weighted by Gasteiger charge is 2.45. The summed E-state index contributed by atoms with van der Waals surface area (Å²) in [6.45, 7) is 9.51. The van der Waals surface area contributed by atoms with Crippen molar-refractivity contribution in [2.24, 2.45) is 11.8 Å². The molecule has 0 amide bonds. The van der Waals surface area contributed by atoms with Gasteiger partial charge in [0.2, 0.25) is 0 Å². The van der Waals surface area contributed by atoms with Gasteiger partial charge < -0.3 is 18.6 Å². The zero-order valence-corrected chi connectivity index (χ0v) is 72.3. The Morgan fingerprint density at radius 1 is 0.371 bits per heavy atom. The third-order valence-electron chi connectivity index (χ3n) is 27.2. The summed E-state index contributed by atoms with van der Waals surface area (Å²) in [5.74, 6) is 1.85. The minimum absolute atomic E-state index is 0.121. The van der Waals surface area contributed by atoms with E-state index in [0.29, 0.717) is 5.92 Å². The fourth-order valence-corrected chi connectivity index (χ4v) is 31.2. The Morgan fingerprint density at radius 3 is 1.35 bits per heavy atom. The number of anilines is 5. The minimum atomic E-state index is -2.70. The molecule has 2 unspecified atom stereocenters. The molecule has 22 rings (SSSR count). The second-order valence-electron chi connectivity index (χ2n) is 34.6. The average molecular weight is 1630 g/mol. The molecule has 2 atom stereocenters. The maximum Gasteiger partial charge on any atom is 0.179 e. The van der Waals surface area contributed by atoms with Gasteiger partial charge in [0.05, 0.1) is 11.4 Å². The zero-order chi connectivity index (χ0) is 83.0. The van der Waals surface area contributed by atoms with E-state index in [0.717, 1.165) is 104 Å². The predicted molar refractivity (Wildman–Crippen MR) is 528 cm³/mol. The second-order valence-corrected chi connectivity index (χ2v) is 42.2. The van der Waals surface area contributed by atoms with Gasteiger partial charge in [-0.1, -0.05) is 390 Å². The first kappa shape index (κ1) is 76.0. The highest BCUT2D eigenvalue weighted by Crippen LogP contribution is 2.57. The van der Waals surface area contributed by atoms with Gasteiger partial charge in [-0.05, 0) is 219 Å². The topological polar surface area (TPSA) is 32.8 Å². The molecule has 0 radical (unpaired) electrons. The van der Waals surface area contributed by atoms with Crippen LogP contribution in [0.15, 0.2) is 438 Å². The molecule has 0 spiro atoms. The maximum absolute atomic E-state index is 6.96. The number of hydrogen-bond acceptors (Lipinski definition) is 4. The monoisotopic (exact) mass is 1630 g/mol. The van der Waals surface area contributed by atoms with Gasteiger partial charge in [-0.15, -0.1) is 0 Å². The molecule has 0 fully saturated rings. The highest BCUT2D eigenvalue weighted by atomic mass is 28.3. The fourth-order valence-electron chi connectivity index (χ4n) is 21.4. The first-order chi connectivity index (χ1) is 61.1. The summed E-state index contributed by atoms with van der Waals surface area (Å²) in [5, 5.41) is 14.6. The third-order valence-corrected chi connectivity index (χ3v) is 36.9. The molecule has 15 aromatic carbocycles. The summed E-state index contributed by atoms with van der Waals surface area (Å²) in [6, 6.07) is 138. The van der Waals surface area contributed by atoms with E-state index in [-0.39, 0.29) is 17.8 Å². The SMILES string of the molecule is CC(C)C1=CC(c2ccc(N(c3ccc(-c4ccc([Si](C5=CC=CCC5)(c5ccccc5)c5ccccc5)cc4)cc3)c3cccc4c3oc3ccccc34)cc2)=C2C=Cc3c(C(C)C)cc(-c4ccc(N(C5=CCCc6c5oc5ccccc65)c5ccc(-c6ccc([Si](c7ccccc7)(c7ccccc7)c7ccccc7)cc6)cc5)cc4)c4c3C2C1C=C4. The largest absolute Gasteiger partial charge is 0.454 e. The molecule has 0 saturated carbocycles. The molecule has 0 bridgehead atoms. The summed E-state index contributed by atoms with van der Waals surface area (Å²) in [4.78, 5) is 4.82. The Hall–Kier alpha value is -14.1. The Balaban J connectivity index is 0.607. The van der Waals surface area contributed by atoms with Crippen LogP contribution in [0.2, 0.25) is 0 Å². The van der Waals surface area contributed by atoms with Gasteiger partial charge in [0.1, 0.15) is 11.2 Å². The predicted octanol–water partition coefficient (Wildman–Crippen LogP) is 26.5. The van der Waals surface area contributed by atoms with Gasteiger partial charge in [-0.2, -0.15) is 0 Å². The first-order valence-electron chi connectivity index (χ1n) is 44.2. The van der Waals surface area contributed by atoms with E-state index in [9.17, 15) is 0 Å². The van der Waals surface area contributed by atoms with Crippen LogP contribution >= 0.6 is 0 Å². The highest BCUT2D eigenvalue weighted by molar-refractivity contribution is 7.20. The number of hydrogen-bond donors (Lipinski definition) is 0. The molecule has 5 aliphatic rings. The number of rotatable bonds is 20. The molecule has 0 aliphatic heterocycles. The summed E-state index contributed by atoms with van der Waals surface area (Å²) in [5.41, 5.74) is 28.1. The lowest BCUT2D eigenvalue weighted by atomic mass is 9.61. The van der Waals surface area contributed by atoms with Crippen LogP contribution < -0.4 is 46.1 Å². The molecule has 0 saturated heterocycles. The van der Waals surface area contributed by atoms with Crippen LogP contribution in [-0.2, 0) is 6.42 Å². The Labute approximate surface area is 729 Å². The van der Waals surface area contributed by atoms with Gasteiger partial charge in [0.15, 0.2) is 27.5 Å². The summed E-state index contributed by atoms with van der Waals surface area (Å²) >= 11 is 0. The number of aryl methyl sites for hydroxylation is 1. The van der Waals surface area contributed by atoms with Gasteiger partial charge in [0, 0.05) is 56.3 Å². The molecule has 6 heteroatoms. The number of furan rings is 2. The Morgan fingerprint density at radius 2 is 0.831 bits per heavy atom. The molecule has 2 heterocycles. The normalized spacial score (nSPS) is 15.3. The maximum atomic E-state index is 6.96. The first-order valence-corrected chi connectivity index (χ1v) is 48.2. The van der Waals surface area contributed by atoms with Crippen LogP contribution in [0.3, 0.4) is 0 Å². The van der Waals surface area contributed by atoms with Crippen molar-refractivity contribution < 1.29 is 8.83 Å². The Bertz CT molecular complexity index is 7020. The minimum Gasteiger partial charge on any atom is -0.454 e. The second kappa shape index (κ2) is 31.7. The van der Waals surface area contributed by atoms with Gasteiger partial charge >= 0.3 is 0 Å². The molecule has 17 aromatic rings. The van der Waals surface area contributed by atoms with Gasteiger partial charge in [0.25, 0.3) is 0 Å². The van der Waals surface area contributed by atoms with Crippen LogP contribution in [0.1, 0.15) is 97.9 Å². The van der Waals surface area contributed by atoms with E-state index in [1.807, 2.05) is 0 Å². The smallest absolute Gasteiger partial charge is 0.179 e.